The number of halogens is 1. The molecule has 2 aromatic rings. The van der Waals surface area contributed by atoms with E-state index in [9.17, 15) is 19.2 Å². The average Bonchev–Trinajstić information content (AvgIpc) is 3.37. The van der Waals surface area contributed by atoms with Crippen LogP contribution in [-0.4, -0.2) is 41.1 Å². The van der Waals surface area contributed by atoms with Gasteiger partial charge in [-0.15, -0.1) is 0 Å². The molecule has 2 fully saturated rings. The summed E-state index contributed by atoms with van der Waals surface area (Å²) in [5, 5.41) is 6.49. The Morgan fingerprint density at radius 1 is 1.15 bits per heavy atom. The molecule has 9 heteroatoms. The summed E-state index contributed by atoms with van der Waals surface area (Å²) in [5.74, 6) is -3.36. The van der Waals surface area contributed by atoms with Crippen LogP contribution in [0.15, 0.2) is 42.5 Å². The van der Waals surface area contributed by atoms with Crippen molar-refractivity contribution in [3.05, 3.63) is 64.2 Å². The summed E-state index contributed by atoms with van der Waals surface area (Å²) in [5.41, 5.74) is 6.77. The summed E-state index contributed by atoms with van der Waals surface area (Å²) in [6.45, 7) is 2.07. The number of benzene rings is 2. The lowest BCUT2D eigenvalue weighted by atomic mass is 9.76. The van der Waals surface area contributed by atoms with Crippen LogP contribution in [0.1, 0.15) is 29.5 Å². The van der Waals surface area contributed by atoms with Crippen LogP contribution >= 0.6 is 11.6 Å². The van der Waals surface area contributed by atoms with E-state index in [0.717, 1.165) is 11.1 Å². The number of carbonyl (C=O) groups excluding carboxylic acids is 4. The number of aryl methyl sites for hydroxylation is 1. The second-order valence-electron chi connectivity index (χ2n) is 9.25. The summed E-state index contributed by atoms with van der Waals surface area (Å²) in [6, 6.07) is 12.6. The van der Waals surface area contributed by atoms with E-state index in [1.807, 2.05) is 43.3 Å². The molecule has 3 aliphatic heterocycles. The monoisotopic (exact) mass is 480 g/mol. The number of imide groups is 1. The fraction of sp³-hybridized carbons (Fsp3) is 0.360. The number of hydrogen-bond donors (Lipinski definition) is 3. The van der Waals surface area contributed by atoms with Gasteiger partial charge in [-0.2, -0.15) is 0 Å². The third-order valence-corrected chi connectivity index (χ3v) is 7.48. The highest BCUT2D eigenvalue weighted by Crippen LogP contribution is 2.54. The number of nitrogens with zero attached hydrogens (tertiary/aromatic N) is 1. The topological polar surface area (TPSA) is 122 Å². The highest BCUT2D eigenvalue weighted by molar-refractivity contribution is 6.35. The Morgan fingerprint density at radius 3 is 2.59 bits per heavy atom. The van der Waals surface area contributed by atoms with Crippen LogP contribution in [0.25, 0.3) is 0 Å². The Morgan fingerprint density at radius 2 is 1.88 bits per heavy atom. The van der Waals surface area contributed by atoms with E-state index in [0.29, 0.717) is 22.7 Å². The van der Waals surface area contributed by atoms with E-state index < -0.39 is 35.2 Å². The van der Waals surface area contributed by atoms with Crippen LogP contribution in [0, 0.1) is 18.8 Å². The van der Waals surface area contributed by atoms with E-state index in [-0.39, 0.29) is 31.2 Å². The van der Waals surface area contributed by atoms with Crippen molar-refractivity contribution in [2.45, 2.75) is 37.8 Å². The molecule has 4 atom stereocenters. The summed E-state index contributed by atoms with van der Waals surface area (Å²) in [4.78, 5) is 53.6. The highest BCUT2D eigenvalue weighted by Gasteiger charge is 2.70. The van der Waals surface area contributed by atoms with Crippen LogP contribution in [0.3, 0.4) is 0 Å². The Balaban J connectivity index is 1.55. The number of fused-ring (bicyclic) bond motifs is 4. The molecule has 0 aliphatic carbocycles. The fourth-order valence-corrected chi connectivity index (χ4v) is 6.03. The quantitative estimate of drug-likeness (QED) is 0.545. The summed E-state index contributed by atoms with van der Waals surface area (Å²) < 4.78 is 0. The number of rotatable bonds is 6. The molecule has 2 saturated heterocycles. The van der Waals surface area contributed by atoms with E-state index in [1.54, 1.807) is 6.07 Å². The number of carbonyl (C=O) groups is 4. The van der Waals surface area contributed by atoms with E-state index in [1.165, 1.54) is 4.90 Å². The summed E-state index contributed by atoms with van der Waals surface area (Å²) >= 11 is 6.43. The number of nitrogens with two attached hydrogens (primary N) is 1. The number of anilines is 1. The molecule has 176 valence electrons. The maximum absolute atomic E-state index is 13.7. The third kappa shape index (κ3) is 3.32. The smallest absolute Gasteiger partial charge is 0.250 e. The molecule has 5 rings (SSSR count). The van der Waals surface area contributed by atoms with Crippen LogP contribution in [0.4, 0.5) is 5.69 Å². The lowest BCUT2D eigenvalue weighted by molar-refractivity contribution is -0.142. The van der Waals surface area contributed by atoms with Gasteiger partial charge in [0.1, 0.15) is 5.54 Å². The zero-order chi connectivity index (χ0) is 24.2. The normalized spacial score (nSPS) is 27.3. The summed E-state index contributed by atoms with van der Waals surface area (Å²) in [7, 11) is 0. The predicted octanol–water partition coefficient (Wildman–Crippen LogP) is 1.88. The SMILES string of the molecule is Cc1cc(Cl)c2c(c1)C1(NC(CCC(N)=O)C3C(=O)N(CCc4ccccc4)C(=O)C31)C(=O)N2. The number of primary amides is 1. The minimum Gasteiger partial charge on any atom is -0.370 e. The first-order chi connectivity index (χ1) is 16.2. The molecule has 34 heavy (non-hydrogen) atoms. The number of hydrogen-bond acceptors (Lipinski definition) is 5. The van der Waals surface area contributed by atoms with Crippen LogP contribution in [-0.2, 0) is 31.1 Å². The molecule has 0 radical (unpaired) electrons. The Bertz CT molecular complexity index is 1220. The first-order valence-corrected chi connectivity index (χ1v) is 11.7. The van der Waals surface area contributed by atoms with Gasteiger partial charge in [-0.05, 0) is 37.0 Å². The van der Waals surface area contributed by atoms with Crippen molar-refractivity contribution in [3.8, 4) is 0 Å². The first kappa shape index (κ1) is 22.6. The molecule has 4 unspecified atom stereocenters. The number of amides is 4. The molecule has 3 aliphatic rings. The van der Waals surface area contributed by atoms with E-state index in [2.05, 4.69) is 10.6 Å². The second-order valence-corrected chi connectivity index (χ2v) is 9.66. The van der Waals surface area contributed by atoms with Crippen LogP contribution in [0.5, 0.6) is 0 Å². The van der Waals surface area contributed by atoms with Gasteiger partial charge in [0.05, 0.1) is 22.5 Å². The summed E-state index contributed by atoms with van der Waals surface area (Å²) in [6.07, 6.45) is 0.787. The van der Waals surface area contributed by atoms with Crippen molar-refractivity contribution in [3.63, 3.8) is 0 Å². The van der Waals surface area contributed by atoms with Gasteiger partial charge in [-0.25, -0.2) is 0 Å². The highest BCUT2D eigenvalue weighted by atomic mass is 35.5. The first-order valence-electron chi connectivity index (χ1n) is 11.3. The van der Waals surface area contributed by atoms with Gasteiger partial charge in [0.15, 0.2) is 0 Å². The van der Waals surface area contributed by atoms with E-state index >= 15 is 0 Å². The standard InChI is InChI=1S/C25H25ClN4O4/c1-13-11-15-21(16(26)12-13)28-24(34)25(15)20-19(17(29-25)7-8-18(27)31)22(32)30(23(20)33)10-9-14-5-3-2-4-6-14/h2-6,11-12,17,19-20,29H,7-10H2,1H3,(H2,27,31)(H,28,34). The molecule has 8 nitrogen and oxygen atoms in total. The van der Waals surface area contributed by atoms with Gasteiger partial charge >= 0.3 is 0 Å². The molecule has 0 saturated carbocycles. The second kappa shape index (κ2) is 8.21. The lowest BCUT2D eigenvalue weighted by Crippen LogP contribution is -2.53. The van der Waals surface area contributed by atoms with Crippen LogP contribution < -0.4 is 16.4 Å². The zero-order valence-electron chi connectivity index (χ0n) is 18.6. The molecule has 4 amide bonds. The number of likely N-dealkylation sites (tertiary alicyclic amines) is 1. The van der Waals surface area contributed by atoms with Gasteiger partial charge in [-0.3, -0.25) is 29.4 Å². The largest absolute Gasteiger partial charge is 0.370 e. The molecular weight excluding hydrogens is 456 g/mol. The Hall–Kier alpha value is -3.23. The average molecular weight is 481 g/mol. The Kier molecular flexibility index (Phi) is 5.45. The zero-order valence-corrected chi connectivity index (χ0v) is 19.4. The molecule has 0 bridgehead atoms. The van der Waals surface area contributed by atoms with Gasteiger partial charge in [0.25, 0.3) is 0 Å². The van der Waals surface area contributed by atoms with Crippen molar-refractivity contribution in [1.82, 2.24) is 10.2 Å². The fourth-order valence-electron chi connectivity index (χ4n) is 5.71. The van der Waals surface area contributed by atoms with Crippen molar-refractivity contribution in [1.29, 1.82) is 0 Å². The van der Waals surface area contributed by atoms with Crippen molar-refractivity contribution >= 4 is 40.9 Å². The van der Waals surface area contributed by atoms with Crippen molar-refractivity contribution < 1.29 is 19.2 Å². The lowest BCUT2D eigenvalue weighted by Gasteiger charge is -2.29. The third-order valence-electron chi connectivity index (χ3n) is 7.18. The molecule has 2 aromatic carbocycles. The van der Waals surface area contributed by atoms with Gasteiger partial charge in [-0.1, -0.05) is 48.0 Å². The molecule has 3 heterocycles. The Labute approximate surface area is 201 Å². The van der Waals surface area contributed by atoms with Crippen molar-refractivity contribution in [2.24, 2.45) is 17.6 Å². The molecule has 4 N–H and O–H groups in total. The molecular formula is C25H25ClN4O4. The van der Waals surface area contributed by atoms with Crippen molar-refractivity contribution in [2.75, 3.05) is 11.9 Å². The minimum absolute atomic E-state index is 0.0332. The predicted molar refractivity (Wildman–Crippen MR) is 126 cm³/mol. The van der Waals surface area contributed by atoms with Gasteiger partial charge < -0.3 is 11.1 Å². The molecule has 1 spiro atoms. The maximum Gasteiger partial charge on any atom is 0.250 e. The van der Waals surface area contributed by atoms with Gasteiger partial charge in [0.2, 0.25) is 23.6 Å². The number of nitrogens with one attached hydrogen (secondary N) is 2. The minimum atomic E-state index is -1.44. The van der Waals surface area contributed by atoms with E-state index in [4.69, 9.17) is 17.3 Å². The molecule has 0 aromatic heterocycles. The van der Waals surface area contributed by atoms with Crippen LogP contribution in [0.2, 0.25) is 5.02 Å². The maximum atomic E-state index is 13.7. The van der Waals surface area contributed by atoms with Gasteiger partial charge in [0, 0.05) is 24.6 Å².